The van der Waals surface area contributed by atoms with Gasteiger partial charge < -0.3 is 4.74 Å². The Hall–Kier alpha value is -0.570. The van der Waals surface area contributed by atoms with E-state index in [9.17, 15) is 4.39 Å². The molecule has 2 unspecified atom stereocenters. The fourth-order valence-electron chi connectivity index (χ4n) is 2.59. The summed E-state index contributed by atoms with van der Waals surface area (Å²) in [6, 6.07) is 5.41. The molecule has 1 fully saturated rings. The van der Waals surface area contributed by atoms with Gasteiger partial charge in [0.2, 0.25) is 0 Å². The van der Waals surface area contributed by atoms with E-state index in [2.05, 4.69) is 15.9 Å². The van der Waals surface area contributed by atoms with Crippen molar-refractivity contribution in [3.8, 4) is 5.75 Å². The summed E-state index contributed by atoms with van der Waals surface area (Å²) in [7, 11) is 1.51. The van der Waals surface area contributed by atoms with Gasteiger partial charge in [0.25, 0.3) is 0 Å². The quantitative estimate of drug-likeness (QED) is 0.755. The molecule has 1 aliphatic rings. The summed E-state index contributed by atoms with van der Waals surface area (Å²) >= 11 is 3.67. The van der Waals surface area contributed by atoms with E-state index in [1.165, 1.54) is 26.4 Å². The summed E-state index contributed by atoms with van der Waals surface area (Å²) in [4.78, 5) is 0.606. The van der Waals surface area contributed by atoms with Gasteiger partial charge in [0.05, 0.1) is 7.11 Å². The smallest absolute Gasteiger partial charge is 0.168 e. The van der Waals surface area contributed by atoms with Gasteiger partial charge in [-0.1, -0.05) is 40.9 Å². The summed E-state index contributed by atoms with van der Waals surface area (Å²) in [5.74, 6) is 0.759. The van der Waals surface area contributed by atoms with Crippen LogP contribution in [0.2, 0.25) is 0 Å². The van der Waals surface area contributed by atoms with Gasteiger partial charge in [0.15, 0.2) is 11.6 Å². The van der Waals surface area contributed by atoms with Crippen molar-refractivity contribution in [1.82, 2.24) is 0 Å². The van der Waals surface area contributed by atoms with Crippen molar-refractivity contribution in [2.24, 2.45) is 5.92 Å². The SMILES string of the molecule is COc1cccc(CC2CCCC(Br)C2)c1F. The third-order valence-corrected chi connectivity index (χ3v) is 4.32. The van der Waals surface area contributed by atoms with Crippen LogP contribution < -0.4 is 4.74 Å². The molecular weight excluding hydrogens is 283 g/mol. The normalized spacial score (nSPS) is 24.6. The van der Waals surface area contributed by atoms with Crippen molar-refractivity contribution in [3.05, 3.63) is 29.6 Å². The van der Waals surface area contributed by atoms with Crippen molar-refractivity contribution in [3.63, 3.8) is 0 Å². The van der Waals surface area contributed by atoms with Crippen LogP contribution in [-0.4, -0.2) is 11.9 Å². The van der Waals surface area contributed by atoms with Crippen LogP contribution in [-0.2, 0) is 6.42 Å². The monoisotopic (exact) mass is 300 g/mol. The predicted octanol–water partition coefficient (Wildman–Crippen LogP) is 4.33. The second kappa shape index (κ2) is 5.85. The number of halogens is 2. The molecule has 0 bridgehead atoms. The van der Waals surface area contributed by atoms with Crippen molar-refractivity contribution in [2.75, 3.05) is 7.11 Å². The lowest BCUT2D eigenvalue weighted by molar-refractivity contribution is 0.355. The molecule has 1 nitrogen and oxygen atoms in total. The van der Waals surface area contributed by atoms with Crippen LogP contribution in [0.25, 0.3) is 0 Å². The Labute approximate surface area is 110 Å². The number of benzene rings is 1. The van der Waals surface area contributed by atoms with E-state index < -0.39 is 0 Å². The van der Waals surface area contributed by atoms with Crippen LogP contribution in [0, 0.1) is 11.7 Å². The highest BCUT2D eigenvalue weighted by Gasteiger charge is 2.21. The number of methoxy groups -OCH3 is 1. The van der Waals surface area contributed by atoms with Crippen LogP contribution in [0.15, 0.2) is 18.2 Å². The molecule has 0 N–H and O–H groups in total. The number of hydrogen-bond acceptors (Lipinski definition) is 1. The minimum absolute atomic E-state index is 0.188. The van der Waals surface area contributed by atoms with E-state index in [4.69, 9.17) is 4.74 Å². The Kier molecular flexibility index (Phi) is 4.43. The highest BCUT2D eigenvalue weighted by molar-refractivity contribution is 9.09. The topological polar surface area (TPSA) is 9.23 Å². The molecule has 94 valence electrons. The Bertz CT molecular complexity index is 380. The van der Waals surface area contributed by atoms with Crippen LogP contribution in [0.3, 0.4) is 0 Å². The molecule has 2 atom stereocenters. The van der Waals surface area contributed by atoms with Gasteiger partial charge in [-0.2, -0.15) is 0 Å². The summed E-state index contributed by atoms with van der Waals surface area (Å²) in [5.41, 5.74) is 0.788. The maximum atomic E-state index is 14.0. The Morgan fingerprint density at radius 3 is 2.94 bits per heavy atom. The van der Waals surface area contributed by atoms with Crippen molar-refractivity contribution >= 4 is 15.9 Å². The molecule has 0 spiro atoms. The van der Waals surface area contributed by atoms with Gasteiger partial charge in [-0.05, 0) is 36.8 Å². The van der Waals surface area contributed by atoms with Gasteiger partial charge in [-0.3, -0.25) is 0 Å². The van der Waals surface area contributed by atoms with Crippen LogP contribution in [0.5, 0.6) is 5.75 Å². The number of rotatable bonds is 3. The molecule has 0 radical (unpaired) electrons. The first-order valence-electron chi connectivity index (χ1n) is 6.16. The number of alkyl halides is 1. The maximum absolute atomic E-state index is 14.0. The molecule has 1 aromatic carbocycles. The van der Waals surface area contributed by atoms with Crippen LogP contribution >= 0.6 is 15.9 Å². The average molecular weight is 301 g/mol. The van der Waals surface area contributed by atoms with Crippen molar-refractivity contribution < 1.29 is 9.13 Å². The second-order valence-electron chi connectivity index (χ2n) is 4.77. The minimum atomic E-state index is -0.188. The third-order valence-electron chi connectivity index (χ3n) is 3.49. The fraction of sp³-hybridized carbons (Fsp3) is 0.571. The molecule has 0 aliphatic heterocycles. The van der Waals surface area contributed by atoms with E-state index in [1.807, 2.05) is 12.1 Å². The maximum Gasteiger partial charge on any atom is 0.168 e. The average Bonchev–Trinajstić information content (AvgIpc) is 2.32. The molecule has 1 aromatic rings. The van der Waals surface area contributed by atoms with Crippen molar-refractivity contribution in [1.29, 1.82) is 0 Å². The highest BCUT2D eigenvalue weighted by atomic mass is 79.9. The lowest BCUT2D eigenvalue weighted by Gasteiger charge is -2.25. The zero-order valence-electron chi connectivity index (χ0n) is 10.1. The van der Waals surface area contributed by atoms with Gasteiger partial charge >= 0.3 is 0 Å². The summed E-state index contributed by atoms with van der Waals surface area (Å²) in [6.07, 6.45) is 5.67. The molecule has 0 aromatic heterocycles. The second-order valence-corrected chi connectivity index (χ2v) is 6.06. The number of hydrogen-bond donors (Lipinski definition) is 0. The predicted molar refractivity (Wildman–Crippen MR) is 71.3 cm³/mol. The van der Waals surface area contributed by atoms with Crippen LogP contribution in [0.4, 0.5) is 4.39 Å². The first-order valence-corrected chi connectivity index (χ1v) is 7.07. The van der Waals surface area contributed by atoms with Crippen LogP contribution in [0.1, 0.15) is 31.2 Å². The molecular formula is C14H18BrFO. The summed E-state index contributed by atoms with van der Waals surface area (Å²) in [6.45, 7) is 0. The van der Waals surface area contributed by atoms with Gasteiger partial charge in [-0.15, -0.1) is 0 Å². The summed E-state index contributed by atoms with van der Waals surface area (Å²) < 4.78 is 19.0. The largest absolute Gasteiger partial charge is 0.494 e. The third kappa shape index (κ3) is 3.21. The fourth-order valence-corrected chi connectivity index (χ4v) is 3.45. The molecule has 2 rings (SSSR count). The van der Waals surface area contributed by atoms with E-state index in [-0.39, 0.29) is 5.82 Å². The Morgan fingerprint density at radius 1 is 1.41 bits per heavy atom. The van der Waals surface area contributed by atoms with Gasteiger partial charge in [0, 0.05) is 4.83 Å². The number of ether oxygens (including phenoxy) is 1. The lowest BCUT2D eigenvalue weighted by atomic mass is 9.84. The van der Waals surface area contributed by atoms with E-state index in [1.54, 1.807) is 6.07 Å². The van der Waals surface area contributed by atoms with E-state index >= 15 is 0 Å². The molecule has 0 saturated heterocycles. The molecule has 0 amide bonds. The highest BCUT2D eigenvalue weighted by Crippen LogP contribution is 2.32. The summed E-state index contributed by atoms with van der Waals surface area (Å²) in [5, 5.41) is 0. The van der Waals surface area contributed by atoms with Crippen molar-refractivity contribution in [2.45, 2.75) is 36.9 Å². The molecule has 17 heavy (non-hydrogen) atoms. The molecule has 3 heteroatoms. The minimum Gasteiger partial charge on any atom is -0.494 e. The molecule has 0 heterocycles. The van der Waals surface area contributed by atoms with Gasteiger partial charge in [-0.25, -0.2) is 4.39 Å². The van der Waals surface area contributed by atoms with E-state index in [0.717, 1.165) is 18.4 Å². The molecule has 1 saturated carbocycles. The Balaban J connectivity index is 2.07. The zero-order chi connectivity index (χ0) is 12.3. The van der Waals surface area contributed by atoms with E-state index in [0.29, 0.717) is 16.5 Å². The Morgan fingerprint density at radius 2 is 2.24 bits per heavy atom. The lowest BCUT2D eigenvalue weighted by Crippen LogP contribution is -2.17. The first-order chi connectivity index (χ1) is 8.20. The van der Waals surface area contributed by atoms with Gasteiger partial charge in [0.1, 0.15) is 0 Å². The first kappa shape index (κ1) is 12.9. The zero-order valence-corrected chi connectivity index (χ0v) is 11.7. The standard InChI is InChI=1S/C14H18BrFO/c1-17-13-7-3-5-11(14(13)16)8-10-4-2-6-12(15)9-10/h3,5,7,10,12H,2,4,6,8-9H2,1H3. The molecule has 1 aliphatic carbocycles.